The highest BCUT2D eigenvalue weighted by molar-refractivity contribution is 5.97. The molecule has 3 N–H and O–H groups in total. The number of nitrogens with zero attached hydrogens (tertiary/aromatic N) is 6. The zero-order chi connectivity index (χ0) is 46.8. The molecule has 0 radical (unpaired) electrons. The number of esters is 1. The fourth-order valence-electron chi connectivity index (χ4n) is 9.63. The topological polar surface area (TPSA) is 189 Å². The molecule has 65 heavy (non-hydrogen) atoms. The zero-order valence-corrected chi connectivity index (χ0v) is 38.6. The Kier molecular flexibility index (Phi) is 13.9. The lowest BCUT2D eigenvalue weighted by molar-refractivity contribution is -0.156. The maximum atomic E-state index is 14.7. The molecule has 4 aromatic rings. The smallest absolute Gasteiger partial charge is 0.324 e. The molecule has 2 fully saturated rings. The van der Waals surface area contributed by atoms with Gasteiger partial charge in [0.25, 0.3) is 11.8 Å². The van der Waals surface area contributed by atoms with E-state index in [9.17, 15) is 29.1 Å². The number of aromatic nitrogens is 3. The Bertz CT molecular complexity index is 2480. The normalized spacial score (nSPS) is 21.7. The SMILES string of the molecule is C=CC(=O)N1CC[C@](O)(C(=O)N(C)[C@H](C(=O)N[C@H]2Cc3cc(ccn3)-c3ccc4c(c3)c(c(-c3cccnc3COC)n4CC)CC(C)(C)COC(=O)[C@@H]3CCCN(N3)C2=O)C(C)C)C1. The van der Waals surface area contributed by atoms with Crippen LogP contribution in [0.25, 0.3) is 33.3 Å². The number of hydrogen-bond donors (Lipinski definition) is 3. The largest absolute Gasteiger partial charge is 0.464 e. The molecule has 6 heterocycles. The van der Waals surface area contributed by atoms with Gasteiger partial charge in [0.15, 0.2) is 5.60 Å². The van der Waals surface area contributed by atoms with E-state index >= 15 is 0 Å². The van der Waals surface area contributed by atoms with Gasteiger partial charge in [-0.05, 0) is 91.3 Å². The number of pyridine rings is 2. The molecule has 6 bridgehead atoms. The molecular formula is C49H62N8O8. The molecule has 3 aliphatic rings. The zero-order valence-electron chi connectivity index (χ0n) is 38.6. The number of rotatable bonds is 10. The van der Waals surface area contributed by atoms with E-state index in [0.29, 0.717) is 38.1 Å². The number of cyclic esters (lactones) is 1. The number of benzene rings is 1. The van der Waals surface area contributed by atoms with Crippen LogP contribution >= 0.6 is 0 Å². The van der Waals surface area contributed by atoms with E-state index in [4.69, 9.17) is 14.5 Å². The number of nitrogens with one attached hydrogen (secondary N) is 2. The minimum Gasteiger partial charge on any atom is -0.464 e. The second-order valence-corrected chi connectivity index (χ2v) is 18.6. The fraction of sp³-hybridized carbons (Fsp3) is 0.490. The lowest BCUT2D eigenvalue weighted by atomic mass is 9.84. The third-order valence-corrected chi connectivity index (χ3v) is 12.9. The van der Waals surface area contributed by atoms with Gasteiger partial charge < -0.3 is 34.3 Å². The molecular weight excluding hydrogens is 829 g/mol. The van der Waals surface area contributed by atoms with Crippen molar-refractivity contribution in [3.05, 3.63) is 84.5 Å². The maximum absolute atomic E-state index is 14.7. The number of hydrogen-bond acceptors (Lipinski definition) is 11. The van der Waals surface area contributed by atoms with Crippen LogP contribution in [-0.2, 0) is 59.4 Å². The number of hydrazine groups is 1. The van der Waals surface area contributed by atoms with Crippen LogP contribution in [0.4, 0.5) is 0 Å². The number of carbonyl (C=O) groups excluding carboxylic acids is 5. The first-order valence-electron chi connectivity index (χ1n) is 22.5. The number of likely N-dealkylation sites (N-methyl/N-ethyl adjacent to an activating group) is 1. The Balaban J connectivity index is 1.29. The van der Waals surface area contributed by atoms with E-state index in [1.54, 1.807) is 33.4 Å². The minimum atomic E-state index is -1.91. The van der Waals surface area contributed by atoms with E-state index in [1.165, 1.54) is 21.9 Å². The summed E-state index contributed by atoms with van der Waals surface area (Å²) >= 11 is 0. The third-order valence-electron chi connectivity index (χ3n) is 12.9. The highest BCUT2D eigenvalue weighted by atomic mass is 16.5. The van der Waals surface area contributed by atoms with E-state index < -0.39 is 64.7 Å². The number of amides is 4. The molecule has 4 amide bonds. The monoisotopic (exact) mass is 890 g/mol. The quantitative estimate of drug-likeness (QED) is 0.153. The van der Waals surface area contributed by atoms with Gasteiger partial charge in [0.1, 0.15) is 18.1 Å². The molecule has 3 aromatic heterocycles. The second-order valence-electron chi connectivity index (χ2n) is 18.6. The molecule has 16 heteroatoms. The van der Waals surface area contributed by atoms with E-state index in [2.05, 4.69) is 71.9 Å². The van der Waals surface area contributed by atoms with Crippen LogP contribution in [0.3, 0.4) is 0 Å². The Morgan fingerprint density at radius 3 is 2.60 bits per heavy atom. The van der Waals surface area contributed by atoms with Crippen LogP contribution < -0.4 is 10.7 Å². The Morgan fingerprint density at radius 1 is 1.11 bits per heavy atom. The van der Waals surface area contributed by atoms with Crippen LogP contribution in [0, 0.1) is 11.3 Å². The highest BCUT2D eigenvalue weighted by Crippen LogP contribution is 2.41. The lowest BCUT2D eigenvalue weighted by Crippen LogP contribution is -2.63. The van der Waals surface area contributed by atoms with Gasteiger partial charge in [-0.3, -0.25) is 38.9 Å². The van der Waals surface area contributed by atoms with Crippen molar-refractivity contribution in [2.75, 3.05) is 40.4 Å². The number of β-amino-alcohol motifs (C(OH)–C–C–N with tert-alkyl or cyclic N) is 1. The standard InChI is InChI=1S/C49H62N8O8/c1-9-41(58)55-22-18-49(63,28-55)47(62)54(7)42(30(3)4)44(59)52-38-25-33-23-32(17-20-50-33)31-15-16-40-35(24-31)36(43(56(40)10-2)34-13-11-19-51-39(34)27-64-8)26-48(5,6)29-65-46(61)37-14-12-21-57(53-37)45(38)60/h9,11,13,15-17,19-20,23-24,30,37-38,42,53,63H,1,10,12,14,18,21-22,25-29H2,2-8H3,(H,52,59)/t37-,38-,42-,49+/m0/s1. The molecule has 0 spiro atoms. The van der Waals surface area contributed by atoms with Gasteiger partial charge in [0.05, 0.1) is 31.1 Å². The number of carbonyl (C=O) groups is 5. The van der Waals surface area contributed by atoms with Gasteiger partial charge >= 0.3 is 5.97 Å². The van der Waals surface area contributed by atoms with Crippen LogP contribution in [0.1, 0.15) is 70.8 Å². The van der Waals surface area contributed by atoms with Gasteiger partial charge in [0, 0.05) is 86.6 Å². The van der Waals surface area contributed by atoms with E-state index in [0.717, 1.165) is 50.6 Å². The summed E-state index contributed by atoms with van der Waals surface area (Å²) in [7, 11) is 3.10. The number of methoxy groups -OCH3 is 1. The summed E-state index contributed by atoms with van der Waals surface area (Å²) in [4.78, 5) is 81.2. The molecule has 3 aliphatic heterocycles. The Labute approximate surface area is 380 Å². The molecule has 1 aromatic carbocycles. The summed E-state index contributed by atoms with van der Waals surface area (Å²) in [6.45, 7) is 14.6. The summed E-state index contributed by atoms with van der Waals surface area (Å²) in [5, 5.41) is 16.8. The molecule has 2 saturated heterocycles. The number of likely N-dealkylation sites (tertiary alicyclic amines) is 1. The average Bonchev–Trinajstić information content (AvgIpc) is 3.84. The lowest BCUT2D eigenvalue weighted by Gasteiger charge is -2.37. The van der Waals surface area contributed by atoms with Crippen LogP contribution in [-0.4, -0.2) is 128 Å². The Morgan fingerprint density at radius 2 is 1.88 bits per heavy atom. The molecule has 16 nitrogen and oxygen atoms in total. The molecule has 0 saturated carbocycles. The van der Waals surface area contributed by atoms with Crippen molar-refractivity contribution in [3.8, 4) is 22.4 Å². The molecule has 4 atom stereocenters. The van der Waals surface area contributed by atoms with Gasteiger partial charge in [-0.1, -0.05) is 40.3 Å². The molecule has 0 aliphatic carbocycles. The van der Waals surface area contributed by atoms with Crippen LogP contribution in [0.2, 0.25) is 0 Å². The van der Waals surface area contributed by atoms with Crippen molar-refractivity contribution in [2.24, 2.45) is 11.3 Å². The Hall–Kier alpha value is -5.97. The summed E-state index contributed by atoms with van der Waals surface area (Å²) in [6.07, 6.45) is 6.07. The first-order valence-corrected chi connectivity index (χ1v) is 22.5. The van der Waals surface area contributed by atoms with Gasteiger partial charge in [-0.2, -0.15) is 0 Å². The first-order chi connectivity index (χ1) is 31.0. The maximum Gasteiger partial charge on any atom is 0.324 e. The van der Waals surface area contributed by atoms with Crippen molar-refractivity contribution in [1.29, 1.82) is 0 Å². The van der Waals surface area contributed by atoms with Crippen molar-refractivity contribution >= 4 is 40.5 Å². The summed E-state index contributed by atoms with van der Waals surface area (Å²) in [5.41, 5.74) is 7.91. The van der Waals surface area contributed by atoms with Gasteiger partial charge in [-0.15, -0.1) is 0 Å². The fourth-order valence-corrected chi connectivity index (χ4v) is 9.63. The third kappa shape index (κ3) is 9.70. The second kappa shape index (κ2) is 19.2. The van der Waals surface area contributed by atoms with Gasteiger partial charge in [-0.25, -0.2) is 5.43 Å². The van der Waals surface area contributed by atoms with Crippen molar-refractivity contribution in [2.45, 2.75) is 104 Å². The van der Waals surface area contributed by atoms with E-state index in [-0.39, 0.29) is 39.1 Å². The number of fused-ring (bicyclic) bond motifs is 6. The summed E-state index contributed by atoms with van der Waals surface area (Å²) in [6, 6.07) is 11.1. The minimum absolute atomic E-state index is 0.00724. The molecule has 7 rings (SSSR count). The first kappa shape index (κ1) is 47.0. The van der Waals surface area contributed by atoms with Gasteiger partial charge in [0.2, 0.25) is 11.8 Å². The van der Waals surface area contributed by atoms with Crippen molar-refractivity contribution in [3.63, 3.8) is 0 Å². The number of aryl methyl sites for hydroxylation is 1. The molecule has 346 valence electrons. The van der Waals surface area contributed by atoms with Crippen molar-refractivity contribution < 1.29 is 38.6 Å². The molecule has 0 unspecified atom stereocenters. The highest BCUT2D eigenvalue weighted by Gasteiger charge is 2.48. The van der Waals surface area contributed by atoms with Crippen LogP contribution in [0.15, 0.2) is 67.5 Å². The number of ether oxygens (including phenoxy) is 2. The number of aliphatic hydroxyl groups is 1. The average molecular weight is 891 g/mol. The van der Waals surface area contributed by atoms with Crippen molar-refractivity contribution in [1.82, 2.24) is 40.1 Å². The summed E-state index contributed by atoms with van der Waals surface area (Å²) in [5.74, 6) is -3.15. The van der Waals surface area contributed by atoms with Crippen LogP contribution in [0.5, 0.6) is 0 Å². The predicted octanol–water partition coefficient (Wildman–Crippen LogP) is 4.21. The summed E-state index contributed by atoms with van der Waals surface area (Å²) < 4.78 is 14.0. The van der Waals surface area contributed by atoms with E-state index in [1.807, 2.05) is 18.2 Å². The predicted molar refractivity (Wildman–Crippen MR) is 244 cm³/mol.